The van der Waals surface area contributed by atoms with Crippen molar-refractivity contribution >= 4 is 0 Å². The molecule has 0 saturated heterocycles. The molecule has 0 aromatic carbocycles. The van der Waals surface area contributed by atoms with Crippen LogP contribution in [0.3, 0.4) is 0 Å². The number of ether oxygens (including phenoxy) is 1. The highest BCUT2D eigenvalue weighted by molar-refractivity contribution is 4.70. The number of nitrogens with two attached hydrogens (primary N) is 1. The van der Waals surface area contributed by atoms with E-state index >= 15 is 0 Å². The molecule has 80 valence electrons. The number of halogens is 3. The topological polar surface area (TPSA) is 35.2 Å². The summed E-state index contributed by atoms with van der Waals surface area (Å²) in [6.45, 7) is 4.68. The summed E-state index contributed by atoms with van der Waals surface area (Å²) in [6.07, 6.45) is -6.64. The molecule has 0 spiro atoms. The van der Waals surface area contributed by atoms with Crippen LogP contribution in [0, 0.1) is 5.92 Å². The van der Waals surface area contributed by atoms with E-state index in [9.17, 15) is 13.2 Å². The van der Waals surface area contributed by atoms with Crippen LogP contribution < -0.4 is 5.73 Å². The average Bonchev–Trinajstić information content (AvgIpc) is 1.96. The van der Waals surface area contributed by atoms with Crippen LogP contribution in [0.25, 0.3) is 0 Å². The molecule has 0 aromatic rings. The fourth-order valence-corrected chi connectivity index (χ4v) is 0.683. The van der Waals surface area contributed by atoms with Crippen LogP contribution in [-0.2, 0) is 4.74 Å². The molecule has 0 aromatic heterocycles. The maximum atomic E-state index is 12.1. The predicted octanol–water partition coefficient (Wildman–Crippen LogP) is 1.94. The Labute approximate surface area is 76.2 Å². The second-order valence-corrected chi connectivity index (χ2v) is 3.35. The van der Waals surface area contributed by atoms with E-state index in [-0.39, 0.29) is 5.92 Å². The van der Waals surface area contributed by atoms with E-state index in [0.717, 1.165) is 0 Å². The fourth-order valence-electron chi connectivity index (χ4n) is 0.683. The number of rotatable bonds is 4. The van der Waals surface area contributed by atoms with Crippen molar-refractivity contribution in [3.05, 3.63) is 0 Å². The molecule has 0 aliphatic heterocycles. The SMILES string of the molecule is CC(C)C(C)OC(CN)C(F)(F)F. The Bertz CT molecular complexity index is 147. The summed E-state index contributed by atoms with van der Waals surface area (Å²) in [7, 11) is 0. The van der Waals surface area contributed by atoms with Gasteiger partial charge in [-0.25, -0.2) is 0 Å². The molecule has 0 rings (SSSR count). The van der Waals surface area contributed by atoms with Gasteiger partial charge in [-0.2, -0.15) is 13.2 Å². The summed E-state index contributed by atoms with van der Waals surface area (Å²) >= 11 is 0. The minimum atomic E-state index is -4.36. The van der Waals surface area contributed by atoms with Crippen LogP contribution in [0.2, 0.25) is 0 Å². The average molecular weight is 199 g/mol. The molecule has 2 nitrogen and oxygen atoms in total. The largest absolute Gasteiger partial charge is 0.415 e. The Hall–Kier alpha value is -0.290. The number of alkyl halides is 3. The first-order valence-corrected chi connectivity index (χ1v) is 4.21. The molecule has 0 heterocycles. The third-order valence-electron chi connectivity index (χ3n) is 1.90. The van der Waals surface area contributed by atoms with Crippen LogP contribution in [0.15, 0.2) is 0 Å². The second-order valence-electron chi connectivity index (χ2n) is 3.35. The Morgan fingerprint density at radius 1 is 1.23 bits per heavy atom. The molecular weight excluding hydrogens is 183 g/mol. The molecule has 0 saturated carbocycles. The fraction of sp³-hybridized carbons (Fsp3) is 1.00. The summed E-state index contributed by atoms with van der Waals surface area (Å²) in [5.41, 5.74) is 4.96. The number of hydrogen-bond acceptors (Lipinski definition) is 2. The highest BCUT2D eigenvalue weighted by Gasteiger charge is 2.40. The Kier molecular flexibility index (Phi) is 4.70. The van der Waals surface area contributed by atoms with Gasteiger partial charge in [-0.15, -0.1) is 0 Å². The standard InChI is InChI=1S/C8H16F3NO/c1-5(2)6(3)13-7(4-12)8(9,10)11/h5-7H,4,12H2,1-3H3. The van der Waals surface area contributed by atoms with Crippen molar-refractivity contribution in [3.8, 4) is 0 Å². The van der Waals surface area contributed by atoms with Crippen LogP contribution in [0.4, 0.5) is 13.2 Å². The van der Waals surface area contributed by atoms with E-state index in [2.05, 4.69) is 0 Å². The first kappa shape index (κ1) is 12.7. The molecule has 13 heavy (non-hydrogen) atoms. The molecule has 0 bridgehead atoms. The summed E-state index contributed by atoms with van der Waals surface area (Å²) in [4.78, 5) is 0. The molecule has 0 aliphatic rings. The maximum Gasteiger partial charge on any atom is 0.415 e. The van der Waals surface area contributed by atoms with Crippen molar-refractivity contribution in [2.75, 3.05) is 6.54 Å². The molecule has 2 N–H and O–H groups in total. The predicted molar refractivity (Wildman–Crippen MR) is 44.3 cm³/mol. The van der Waals surface area contributed by atoms with Crippen molar-refractivity contribution in [3.63, 3.8) is 0 Å². The van der Waals surface area contributed by atoms with Gasteiger partial charge in [0.2, 0.25) is 0 Å². The lowest BCUT2D eigenvalue weighted by molar-refractivity contribution is -0.231. The third-order valence-corrected chi connectivity index (χ3v) is 1.90. The molecular formula is C8H16F3NO. The smallest absolute Gasteiger partial charge is 0.364 e. The lowest BCUT2D eigenvalue weighted by Crippen LogP contribution is -2.41. The van der Waals surface area contributed by atoms with Crippen LogP contribution in [-0.4, -0.2) is 24.9 Å². The van der Waals surface area contributed by atoms with Gasteiger partial charge in [0.25, 0.3) is 0 Å². The highest BCUT2D eigenvalue weighted by Crippen LogP contribution is 2.24. The molecule has 0 amide bonds. The molecule has 2 unspecified atom stereocenters. The van der Waals surface area contributed by atoms with Crippen LogP contribution >= 0.6 is 0 Å². The van der Waals surface area contributed by atoms with Crippen LogP contribution in [0.1, 0.15) is 20.8 Å². The number of hydrogen-bond donors (Lipinski definition) is 1. The van der Waals surface area contributed by atoms with Gasteiger partial charge >= 0.3 is 6.18 Å². The van der Waals surface area contributed by atoms with E-state index in [1.54, 1.807) is 20.8 Å². The normalized spacial score (nSPS) is 17.5. The molecule has 0 aliphatic carbocycles. The molecule has 2 atom stereocenters. The quantitative estimate of drug-likeness (QED) is 0.750. The van der Waals surface area contributed by atoms with E-state index in [4.69, 9.17) is 10.5 Å². The van der Waals surface area contributed by atoms with Gasteiger partial charge in [-0.05, 0) is 12.8 Å². The summed E-state index contributed by atoms with van der Waals surface area (Å²) in [5.74, 6) is 0.0522. The molecule has 0 fully saturated rings. The van der Waals surface area contributed by atoms with E-state index in [0.29, 0.717) is 0 Å². The summed E-state index contributed by atoms with van der Waals surface area (Å²) in [6, 6.07) is 0. The lowest BCUT2D eigenvalue weighted by atomic mass is 10.1. The zero-order chi connectivity index (χ0) is 10.6. The molecule has 5 heteroatoms. The lowest BCUT2D eigenvalue weighted by Gasteiger charge is -2.25. The second kappa shape index (κ2) is 4.81. The highest BCUT2D eigenvalue weighted by atomic mass is 19.4. The van der Waals surface area contributed by atoms with Gasteiger partial charge in [0.15, 0.2) is 6.10 Å². The first-order chi connectivity index (χ1) is 5.79. The van der Waals surface area contributed by atoms with Crippen molar-refractivity contribution in [2.24, 2.45) is 11.7 Å². The molecule has 0 radical (unpaired) electrons. The Morgan fingerprint density at radius 2 is 1.69 bits per heavy atom. The van der Waals surface area contributed by atoms with Crippen molar-refractivity contribution in [1.29, 1.82) is 0 Å². The van der Waals surface area contributed by atoms with E-state index < -0.39 is 24.9 Å². The first-order valence-electron chi connectivity index (χ1n) is 4.21. The summed E-state index contributed by atoms with van der Waals surface area (Å²) in [5, 5.41) is 0. The van der Waals surface area contributed by atoms with E-state index in [1.165, 1.54) is 0 Å². The van der Waals surface area contributed by atoms with Crippen molar-refractivity contribution in [2.45, 2.75) is 39.2 Å². The van der Waals surface area contributed by atoms with Gasteiger partial charge in [0, 0.05) is 6.54 Å². The Morgan fingerprint density at radius 3 is 1.92 bits per heavy atom. The van der Waals surface area contributed by atoms with Gasteiger partial charge in [0.1, 0.15) is 0 Å². The van der Waals surface area contributed by atoms with Gasteiger partial charge in [0.05, 0.1) is 6.10 Å². The Balaban J connectivity index is 4.14. The van der Waals surface area contributed by atoms with Gasteiger partial charge in [-0.3, -0.25) is 0 Å². The van der Waals surface area contributed by atoms with E-state index in [1.807, 2.05) is 0 Å². The monoisotopic (exact) mass is 199 g/mol. The summed E-state index contributed by atoms with van der Waals surface area (Å²) < 4.78 is 41.2. The maximum absolute atomic E-state index is 12.1. The zero-order valence-corrected chi connectivity index (χ0v) is 8.06. The third kappa shape index (κ3) is 4.47. The van der Waals surface area contributed by atoms with Gasteiger partial charge in [-0.1, -0.05) is 13.8 Å². The zero-order valence-electron chi connectivity index (χ0n) is 8.06. The minimum absolute atomic E-state index is 0.0522. The minimum Gasteiger partial charge on any atom is -0.364 e. The van der Waals surface area contributed by atoms with Crippen molar-refractivity contribution in [1.82, 2.24) is 0 Å². The van der Waals surface area contributed by atoms with Gasteiger partial charge < -0.3 is 10.5 Å². The van der Waals surface area contributed by atoms with Crippen molar-refractivity contribution < 1.29 is 17.9 Å². The van der Waals surface area contributed by atoms with Crippen LogP contribution in [0.5, 0.6) is 0 Å².